The molecule has 9 nitrogen and oxygen atoms in total. The molecule has 9 heteroatoms. The number of nitrogens with zero attached hydrogens (tertiary/aromatic N) is 1. The number of nitrogens with one attached hydrogen (secondary N) is 3. The van der Waals surface area contributed by atoms with Gasteiger partial charge in [0.25, 0.3) is 5.91 Å². The Morgan fingerprint density at radius 2 is 1.76 bits per heavy atom. The number of methoxy groups -OCH3 is 1. The van der Waals surface area contributed by atoms with Crippen molar-refractivity contribution in [3.8, 4) is 0 Å². The molecule has 182 valence electrons. The largest absolute Gasteiger partial charge is 0.467 e. The zero-order chi connectivity index (χ0) is 24.6. The van der Waals surface area contributed by atoms with E-state index in [-0.39, 0.29) is 18.1 Å². The fraction of sp³-hybridized carbons (Fsp3) is 0.542. The van der Waals surface area contributed by atoms with Crippen LogP contribution >= 0.6 is 0 Å². The molecule has 2 atom stereocenters. The highest BCUT2D eigenvalue weighted by atomic mass is 16.5. The maximum absolute atomic E-state index is 13.1. The summed E-state index contributed by atoms with van der Waals surface area (Å²) in [5.74, 6) is -1.49. The first-order chi connectivity index (χ1) is 15.8. The lowest BCUT2D eigenvalue weighted by atomic mass is 10.0. The number of unbranched alkanes of at least 4 members (excludes halogenated alkanes) is 2. The molecule has 0 aliphatic carbocycles. The van der Waals surface area contributed by atoms with Crippen LogP contribution in [0.15, 0.2) is 35.4 Å². The number of rotatable bonds is 15. The molecular weight excluding hydrogens is 424 g/mol. The second-order valence-electron chi connectivity index (χ2n) is 8.19. The van der Waals surface area contributed by atoms with Crippen molar-refractivity contribution in [2.24, 2.45) is 11.0 Å². The molecule has 0 aromatic heterocycles. The first-order valence-corrected chi connectivity index (χ1v) is 11.3. The number of hydrogen-bond acceptors (Lipinski definition) is 6. The van der Waals surface area contributed by atoms with Crippen LogP contribution in [0, 0.1) is 5.92 Å². The average Bonchev–Trinajstić information content (AvgIpc) is 2.80. The fourth-order valence-electron chi connectivity index (χ4n) is 3.27. The van der Waals surface area contributed by atoms with E-state index in [0.29, 0.717) is 19.3 Å². The summed E-state index contributed by atoms with van der Waals surface area (Å²) >= 11 is 0. The van der Waals surface area contributed by atoms with Crippen LogP contribution in [0.2, 0.25) is 0 Å². The van der Waals surface area contributed by atoms with Gasteiger partial charge in [-0.1, -0.05) is 63.9 Å². The topological polar surface area (TPSA) is 126 Å². The molecule has 0 unspecified atom stereocenters. The van der Waals surface area contributed by atoms with E-state index >= 15 is 0 Å². The summed E-state index contributed by atoms with van der Waals surface area (Å²) in [7, 11) is 1.26. The maximum Gasteiger partial charge on any atom is 0.328 e. The Balaban J connectivity index is 2.98. The monoisotopic (exact) mass is 460 g/mol. The summed E-state index contributed by atoms with van der Waals surface area (Å²) in [6.45, 7) is 5.90. The van der Waals surface area contributed by atoms with Gasteiger partial charge < -0.3 is 15.4 Å². The van der Waals surface area contributed by atoms with Gasteiger partial charge in [-0.05, 0) is 30.7 Å². The van der Waals surface area contributed by atoms with Crippen molar-refractivity contribution >= 4 is 29.9 Å². The molecule has 0 fully saturated rings. The standard InChI is InChI=1S/C24H36N4O5/c1-5-6-8-13-19(28-25-16-29)22(30)26-20(14-17(2)3)23(31)27-21(24(32)33-4)15-18-11-9-7-10-12-18/h7,9-12,16-17,20-21H,5-6,8,13-15H2,1-4H3,(H,25,29)(H,26,30)(H,27,31)/b28-19+/t20-,21-/m0/s1. The SMILES string of the molecule is CCCCC/C(=N\NC=O)C(=O)N[C@@H](CC(C)C)C(=O)N[C@@H](Cc1ccccc1)C(=O)OC. The molecule has 0 saturated carbocycles. The smallest absolute Gasteiger partial charge is 0.328 e. The highest BCUT2D eigenvalue weighted by molar-refractivity contribution is 6.39. The van der Waals surface area contributed by atoms with Crippen molar-refractivity contribution in [1.82, 2.24) is 16.1 Å². The molecule has 0 aliphatic heterocycles. The van der Waals surface area contributed by atoms with Crippen LogP contribution < -0.4 is 16.1 Å². The van der Waals surface area contributed by atoms with Crippen LogP contribution in [0.25, 0.3) is 0 Å². The van der Waals surface area contributed by atoms with Crippen LogP contribution in [0.4, 0.5) is 0 Å². The van der Waals surface area contributed by atoms with Gasteiger partial charge in [0.1, 0.15) is 17.8 Å². The first kappa shape index (κ1) is 27.8. The van der Waals surface area contributed by atoms with E-state index in [2.05, 4.69) is 21.2 Å². The quantitative estimate of drug-likeness (QED) is 0.121. The molecule has 1 rings (SSSR count). The van der Waals surface area contributed by atoms with Crippen LogP contribution in [0.3, 0.4) is 0 Å². The van der Waals surface area contributed by atoms with E-state index in [0.717, 1.165) is 24.8 Å². The van der Waals surface area contributed by atoms with Crippen molar-refractivity contribution < 1.29 is 23.9 Å². The molecule has 33 heavy (non-hydrogen) atoms. The zero-order valence-electron chi connectivity index (χ0n) is 19.9. The van der Waals surface area contributed by atoms with Gasteiger partial charge >= 0.3 is 5.97 Å². The summed E-state index contributed by atoms with van der Waals surface area (Å²) in [6.07, 6.45) is 3.97. The summed E-state index contributed by atoms with van der Waals surface area (Å²) in [5, 5.41) is 9.29. The van der Waals surface area contributed by atoms with Crippen molar-refractivity contribution in [2.45, 2.75) is 71.4 Å². The van der Waals surface area contributed by atoms with Gasteiger partial charge in [-0.2, -0.15) is 5.10 Å². The number of hydrogen-bond donors (Lipinski definition) is 3. The normalized spacial score (nSPS) is 13.1. The van der Waals surface area contributed by atoms with Gasteiger partial charge in [0.05, 0.1) is 7.11 Å². The lowest BCUT2D eigenvalue weighted by Gasteiger charge is -2.23. The minimum Gasteiger partial charge on any atom is -0.467 e. The third kappa shape index (κ3) is 10.8. The average molecular weight is 461 g/mol. The molecule has 0 bridgehead atoms. The maximum atomic E-state index is 13.1. The van der Waals surface area contributed by atoms with Crippen molar-refractivity contribution in [3.05, 3.63) is 35.9 Å². The van der Waals surface area contributed by atoms with Gasteiger partial charge in [0, 0.05) is 6.42 Å². The number of esters is 1. The lowest BCUT2D eigenvalue weighted by molar-refractivity contribution is -0.145. The Kier molecular flexibility index (Phi) is 13.1. The second kappa shape index (κ2) is 15.6. The Morgan fingerprint density at radius 1 is 1.06 bits per heavy atom. The third-order valence-corrected chi connectivity index (χ3v) is 4.95. The van der Waals surface area contributed by atoms with Gasteiger partial charge in [0.2, 0.25) is 12.3 Å². The fourth-order valence-corrected chi connectivity index (χ4v) is 3.27. The molecule has 0 heterocycles. The Hall–Kier alpha value is -3.23. The Bertz CT molecular complexity index is 795. The number of amides is 3. The summed E-state index contributed by atoms with van der Waals surface area (Å²) < 4.78 is 4.86. The van der Waals surface area contributed by atoms with Gasteiger partial charge in [-0.3, -0.25) is 14.4 Å². The molecular formula is C24H36N4O5. The second-order valence-corrected chi connectivity index (χ2v) is 8.19. The highest BCUT2D eigenvalue weighted by Gasteiger charge is 2.29. The Morgan fingerprint density at radius 3 is 2.33 bits per heavy atom. The van der Waals surface area contributed by atoms with Gasteiger partial charge in [-0.25, -0.2) is 10.2 Å². The van der Waals surface area contributed by atoms with E-state index in [4.69, 9.17) is 4.74 Å². The molecule has 0 aliphatic rings. The Labute approximate surface area is 195 Å². The van der Waals surface area contributed by atoms with Crippen molar-refractivity contribution in [1.29, 1.82) is 0 Å². The first-order valence-electron chi connectivity index (χ1n) is 11.3. The number of carbonyl (C=O) groups is 4. The van der Waals surface area contributed by atoms with Crippen molar-refractivity contribution in [3.63, 3.8) is 0 Å². The summed E-state index contributed by atoms with van der Waals surface area (Å²) in [6, 6.07) is 7.49. The minimum absolute atomic E-state index is 0.0975. The molecule has 1 aromatic carbocycles. The van der Waals surface area contributed by atoms with E-state index in [1.165, 1.54) is 7.11 Å². The van der Waals surface area contributed by atoms with E-state index in [9.17, 15) is 19.2 Å². The summed E-state index contributed by atoms with van der Waals surface area (Å²) in [5.41, 5.74) is 3.17. The van der Waals surface area contributed by atoms with Crippen LogP contribution in [0.1, 0.15) is 58.4 Å². The zero-order valence-corrected chi connectivity index (χ0v) is 19.9. The van der Waals surface area contributed by atoms with E-state index in [1.807, 2.05) is 51.1 Å². The third-order valence-electron chi connectivity index (χ3n) is 4.95. The number of ether oxygens (including phenoxy) is 1. The van der Waals surface area contributed by atoms with Gasteiger partial charge in [0.15, 0.2) is 0 Å². The van der Waals surface area contributed by atoms with Crippen molar-refractivity contribution in [2.75, 3.05) is 7.11 Å². The van der Waals surface area contributed by atoms with E-state index in [1.54, 1.807) is 0 Å². The summed E-state index contributed by atoms with van der Waals surface area (Å²) in [4.78, 5) is 48.9. The van der Waals surface area contributed by atoms with Crippen LogP contribution in [-0.4, -0.2) is 49.1 Å². The molecule has 3 N–H and O–H groups in total. The molecule has 1 aromatic rings. The van der Waals surface area contributed by atoms with Gasteiger partial charge in [-0.15, -0.1) is 0 Å². The number of hydrazone groups is 1. The lowest BCUT2D eigenvalue weighted by Crippen LogP contribution is -2.54. The molecule has 0 radical (unpaired) electrons. The minimum atomic E-state index is -0.897. The number of carbonyl (C=O) groups excluding carboxylic acids is 4. The molecule has 0 spiro atoms. The van der Waals surface area contributed by atoms with Crippen LogP contribution in [0.5, 0.6) is 0 Å². The predicted octanol–water partition coefficient (Wildman–Crippen LogP) is 2.10. The highest BCUT2D eigenvalue weighted by Crippen LogP contribution is 2.09. The molecule has 0 saturated heterocycles. The van der Waals surface area contributed by atoms with Crippen LogP contribution in [-0.2, 0) is 30.3 Å². The number of benzene rings is 1. The predicted molar refractivity (Wildman–Crippen MR) is 126 cm³/mol. The van der Waals surface area contributed by atoms with E-state index < -0.39 is 29.9 Å². The molecule has 3 amide bonds.